The van der Waals surface area contributed by atoms with Gasteiger partial charge < -0.3 is 42.7 Å². The van der Waals surface area contributed by atoms with Crippen molar-refractivity contribution in [2.24, 2.45) is 11.5 Å². The highest BCUT2D eigenvalue weighted by Crippen LogP contribution is 2.06. The first-order valence-corrected chi connectivity index (χ1v) is 11.3. The minimum atomic E-state index is -1.67. The fourth-order valence-electron chi connectivity index (χ4n) is 2.55. The molecule has 192 valence electrons. The Hall–Kier alpha value is -3.40. The van der Waals surface area contributed by atoms with Crippen molar-refractivity contribution < 1.29 is 48.9 Å². The van der Waals surface area contributed by atoms with Crippen molar-refractivity contribution in [3.8, 4) is 0 Å². The monoisotopic (exact) mass is 507 g/mol. The lowest BCUT2D eigenvalue weighted by atomic mass is 10.1. The number of carboxylic acids is 3. The molecule has 0 spiro atoms. The molecule has 0 aromatic carbocycles. The summed E-state index contributed by atoms with van der Waals surface area (Å²) in [6.07, 6.45) is -0.657. The van der Waals surface area contributed by atoms with Crippen molar-refractivity contribution in [3.05, 3.63) is 0 Å². The number of thioether (sulfide) groups is 1. The number of carboxylic acid groups (broad SMARTS) is 3. The summed E-state index contributed by atoms with van der Waals surface area (Å²) in [5.74, 6) is -7.81. The molecular weight excluding hydrogens is 478 g/mol. The van der Waals surface area contributed by atoms with Crippen LogP contribution in [0.1, 0.15) is 32.1 Å². The molecule has 0 saturated heterocycles. The molecule has 4 unspecified atom stereocenters. The number of hydrogen-bond donors (Lipinski definition) is 8. The van der Waals surface area contributed by atoms with Crippen LogP contribution in [0, 0.1) is 0 Å². The maximum Gasteiger partial charge on any atom is 0.326 e. The van der Waals surface area contributed by atoms with Crippen LogP contribution in [0.3, 0.4) is 0 Å². The molecule has 16 heteroatoms. The van der Waals surface area contributed by atoms with E-state index in [9.17, 15) is 38.7 Å². The topological polar surface area (TPSA) is 268 Å². The van der Waals surface area contributed by atoms with Crippen LogP contribution in [0.4, 0.5) is 0 Å². The molecule has 0 aromatic heterocycles. The average molecular weight is 508 g/mol. The van der Waals surface area contributed by atoms with Gasteiger partial charge in [0.05, 0.1) is 18.9 Å². The maximum absolute atomic E-state index is 12.7. The highest BCUT2D eigenvalue weighted by molar-refractivity contribution is 7.98. The molecule has 0 fully saturated rings. The third kappa shape index (κ3) is 12.6. The molecule has 0 heterocycles. The van der Waals surface area contributed by atoms with Crippen LogP contribution >= 0.6 is 11.8 Å². The van der Waals surface area contributed by atoms with E-state index >= 15 is 0 Å². The van der Waals surface area contributed by atoms with Crippen LogP contribution in [-0.2, 0) is 33.6 Å². The first-order valence-electron chi connectivity index (χ1n) is 9.88. The van der Waals surface area contributed by atoms with Crippen molar-refractivity contribution in [2.45, 2.75) is 56.3 Å². The second kappa shape index (κ2) is 15.4. The molecule has 4 amide bonds. The molecule has 0 saturated carbocycles. The Morgan fingerprint density at radius 3 is 1.76 bits per heavy atom. The fraction of sp³-hybridized carbons (Fsp3) is 0.611. The van der Waals surface area contributed by atoms with Gasteiger partial charge in [0.25, 0.3) is 0 Å². The highest BCUT2D eigenvalue weighted by atomic mass is 32.2. The summed E-state index contributed by atoms with van der Waals surface area (Å²) in [5, 5.41) is 33.5. The van der Waals surface area contributed by atoms with Gasteiger partial charge in [-0.25, -0.2) is 4.79 Å². The Morgan fingerprint density at radius 1 is 0.765 bits per heavy atom. The summed E-state index contributed by atoms with van der Waals surface area (Å²) in [4.78, 5) is 81.5. The van der Waals surface area contributed by atoms with Crippen molar-refractivity contribution in [2.75, 3.05) is 12.0 Å². The standard InChI is InChI=1S/C18H29N5O10S/c1-34-5-4-9(16(30)22-10(18(32)33)2-3-13(25)26)21-17(31)11(7-14(27)28)23-15(29)8(19)6-12(20)24/h8-11H,2-7,19H2,1H3,(H2,20,24)(H,21,31)(H,22,30)(H,23,29)(H,25,26)(H,27,28)(H,32,33). The molecule has 10 N–H and O–H groups in total. The zero-order valence-corrected chi connectivity index (χ0v) is 19.1. The lowest BCUT2D eigenvalue weighted by Crippen LogP contribution is -2.57. The number of primary amides is 1. The number of nitrogens with one attached hydrogen (secondary N) is 3. The Morgan fingerprint density at radius 2 is 1.29 bits per heavy atom. The van der Waals surface area contributed by atoms with Crippen LogP contribution in [-0.4, -0.2) is 93.0 Å². The minimum Gasteiger partial charge on any atom is -0.481 e. The smallest absolute Gasteiger partial charge is 0.326 e. The number of hydrogen-bond acceptors (Lipinski definition) is 9. The summed E-state index contributed by atoms with van der Waals surface area (Å²) in [5.41, 5.74) is 10.4. The van der Waals surface area contributed by atoms with Gasteiger partial charge in [-0.2, -0.15) is 11.8 Å². The highest BCUT2D eigenvalue weighted by Gasteiger charge is 2.31. The van der Waals surface area contributed by atoms with Crippen LogP contribution in [0.15, 0.2) is 0 Å². The maximum atomic E-state index is 12.7. The third-order valence-electron chi connectivity index (χ3n) is 4.27. The number of nitrogens with two attached hydrogens (primary N) is 2. The van der Waals surface area contributed by atoms with Crippen molar-refractivity contribution in [1.29, 1.82) is 0 Å². The lowest BCUT2D eigenvalue weighted by molar-refractivity contribution is -0.144. The van der Waals surface area contributed by atoms with Gasteiger partial charge in [-0.05, 0) is 24.9 Å². The Labute approximate surface area is 198 Å². The van der Waals surface area contributed by atoms with Gasteiger partial charge >= 0.3 is 17.9 Å². The third-order valence-corrected chi connectivity index (χ3v) is 4.92. The summed E-state index contributed by atoms with van der Waals surface area (Å²) >= 11 is 1.30. The van der Waals surface area contributed by atoms with E-state index in [0.29, 0.717) is 5.75 Å². The molecule has 0 radical (unpaired) electrons. The molecule has 4 atom stereocenters. The van der Waals surface area contributed by atoms with Crippen molar-refractivity contribution in [3.63, 3.8) is 0 Å². The summed E-state index contributed by atoms with van der Waals surface area (Å²) < 4.78 is 0. The van der Waals surface area contributed by atoms with E-state index in [0.717, 1.165) is 0 Å². The van der Waals surface area contributed by atoms with Crippen molar-refractivity contribution >= 4 is 53.3 Å². The quantitative estimate of drug-likeness (QED) is 0.0968. The Bertz CT molecular complexity index is 793. The molecule has 0 aliphatic heterocycles. The SMILES string of the molecule is CSCCC(NC(=O)C(CC(=O)O)NC(=O)C(N)CC(N)=O)C(=O)NC(CCC(=O)O)C(=O)O. The van der Waals surface area contributed by atoms with Gasteiger partial charge in [-0.3, -0.25) is 28.8 Å². The summed E-state index contributed by atoms with van der Waals surface area (Å²) in [7, 11) is 0. The van der Waals surface area contributed by atoms with E-state index in [2.05, 4.69) is 16.0 Å². The average Bonchev–Trinajstić information content (AvgIpc) is 2.71. The molecule has 0 bridgehead atoms. The Balaban J connectivity index is 5.49. The van der Waals surface area contributed by atoms with E-state index < -0.39 is 91.4 Å². The van der Waals surface area contributed by atoms with Crippen molar-refractivity contribution in [1.82, 2.24) is 16.0 Å². The Kier molecular flexibility index (Phi) is 13.9. The number of carbonyl (C=O) groups excluding carboxylic acids is 4. The molecular formula is C18H29N5O10S. The van der Waals surface area contributed by atoms with Gasteiger partial charge in [0.2, 0.25) is 23.6 Å². The number of carbonyl (C=O) groups is 7. The van der Waals surface area contributed by atoms with E-state index in [1.165, 1.54) is 11.8 Å². The largest absolute Gasteiger partial charge is 0.481 e. The van der Waals surface area contributed by atoms with Gasteiger partial charge in [-0.15, -0.1) is 0 Å². The zero-order valence-electron chi connectivity index (χ0n) is 18.3. The van der Waals surface area contributed by atoms with E-state index in [-0.39, 0.29) is 6.42 Å². The normalized spacial score (nSPS) is 14.1. The van der Waals surface area contributed by atoms with E-state index in [4.69, 9.17) is 21.7 Å². The van der Waals surface area contributed by atoms with E-state index in [1.54, 1.807) is 6.26 Å². The molecule has 0 aliphatic rings. The van der Waals surface area contributed by atoms with Crippen LogP contribution in [0.2, 0.25) is 0 Å². The predicted molar refractivity (Wildman–Crippen MR) is 117 cm³/mol. The van der Waals surface area contributed by atoms with Gasteiger partial charge in [0, 0.05) is 6.42 Å². The molecule has 15 nitrogen and oxygen atoms in total. The molecule has 34 heavy (non-hydrogen) atoms. The summed E-state index contributed by atoms with van der Waals surface area (Å²) in [6, 6.07) is -5.98. The molecule has 0 rings (SSSR count). The first kappa shape index (κ1) is 30.6. The minimum absolute atomic E-state index is 0.0128. The fourth-order valence-corrected chi connectivity index (χ4v) is 3.02. The summed E-state index contributed by atoms with van der Waals surface area (Å²) in [6.45, 7) is 0. The van der Waals surface area contributed by atoms with E-state index in [1.807, 2.05) is 0 Å². The van der Waals surface area contributed by atoms with Gasteiger partial charge in [0.1, 0.15) is 18.1 Å². The molecule has 0 aromatic rings. The predicted octanol–water partition coefficient (Wildman–Crippen LogP) is -3.18. The van der Waals surface area contributed by atoms with Crippen LogP contribution in [0.5, 0.6) is 0 Å². The van der Waals surface area contributed by atoms with Gasteiger partial charge in [-0.1, -0.05) is 0 Å². The number of rotatable bonds is 17. The lowest BCUT2D eigenvalue weighted by Gasteiger charge is -2.24. The van der Waals surface area contributed by atoms with Crippen LogP contribution in [0.25, 0.3) is 0 Å². The molecule has 0 aliphatic carbocycles. The second-order valence-electron chi connectivity index (χ2n) is 7.11. The van der Waals surface area contributed by atoms with Crippen LogP contribution < -0.4 is 27.4 Å². The number of amides is 4. The zero-order chi connectivity index (χ0) is 26.4. The number of aliphatic carboxylic acids is 3. The first-order chi connectivity index (χ1) is 15.8. The second-order valence-corrected chi connectivity index (χ2v) is 8.10. The van der Waals surface area contributed by atoms with Gasteiger partial charge in [0.15, 0.2) is 0 Å².